The first-order valence-electron chi connectivity index (χ1n) is 9.09. The van der Waals surface area contributed by atoms with Crippen LogP contribution in [0.1, 0.15) is 37.7 Å². The van der Waals surface area contributed by atoms with Crippen molar-refractivity contribution in [2.24, 2.45) is 0 Å². The molecular weight excluding hydrogens is 403 g/mol. The fourth-order valence-corrected chi connectivity index (χ4v) is 2.53. The van der Waals surface area contributed by atoms with Crippen molar-refractivity contribution in [3.8, 4) is 0 Å². The number of hydrogen-bond donors (Lipinski definition) is 5. The summed E-state index contributed by atoms with van der Waals surface area (Å²) in [5, 5.41) is 31.1. The van der Waals surface area contributed by atoms with Gasteiger partial charge in [-0.1, -0.05) is 12.1 Å². The highest BCUT2D eigenvalue weighted by molar-refractivity contribution is 5.90. The molecule has 0 heterocycles. The van der Waals surface area contributed by atoms with E-state index in [-0.39, 0.29) is 18.7 Å². The number of carboxylic acid groups (broad SMARTS) is 3. The molecular formula is C19H23FN2O8. The second-order valence-corrected chi connectivity index (χ2v) is 6.53. The Bertz CT molecular complexity index is 781. The van der Waals surface area contributed by atoms with Gasteiger partial charge in [0.05, 0.1) is 6.42 Å². The molecule has 10 nitrogen and oxygen atoms in total. The summed E-state index contributed by atoms with van der Waals surface area (Å²) in [6.45, 7) is 0. The van der Waals surface area contributed by atoms with E-state index in [1.807, 2.05) is 0 Å². The molecule has 0 radical (unpaired) electrons. The first-order chi connectivity index (χ1) is 14.1. The van der Waals surface area contributed by atoms with Crippen molar-refractivity contribution in [1.82, 2.24) is 10.6 Å². The molecule has 0 saturated heterocycles. The quantitative estimate of drug-likeness (QED) is 0.304. The third-order valence-electron chi connectivity index (χ3n) is 4.09. The molecule has 0 aliphatic heterocycles. The number of carboxylic acids is 3. The van der Waals surface area contributed by atoms with Crippen LogP contribution in [0.5, 0.6) is 0 Å². The zero-order valence-electron chi connectivity index (χ0n) is 16.0. The standard InChI is InChI=1S/C19H23FN2O8/c20-12-6-4-11(5-7-12)2-1-3-15(23)22-14(19(29)30)10-16(24)21-13(18(27)28)8-9-17(25)26/h4-7,13-14H,1-3,8-10H2,(H,21,24)(H,22,23)(H,25,26)(H,27,28)(H,29,30)/t13-,14+/m0/s1. The third kappa shape index (κ3) is 9.62. The first kappa shape index (κ1) is 24.5. The largest absolute Gasteiger partial charge is 0.481 e. The van der Waals surface area contributed by atoms with Crippen LogP contribution in [-0.2, 0) is 30.4 Å². The fourth-order valence-electron chi connectivity index (χ4n) is 2.53. The monoisotopic (exact) mass is 426 g/mol. The van der Waals surface area contributed by atoms with E-state index in [9.17, 15) is 33.5 Å². The van der Waals surface area contributed by atoms with Crippen molar-refractivity contribution < 1.29 is 43.7 Å². The summed E-state index contributed by atoms with van der Waals surface area (Å²) in [6, 6.07) is 2.65. The number of benzene rings is 1. The Labute approximate surface area is 171 Å². The molecule has 0 aliphatic carbocycles. The highest BCUT2D eigenvalue weighted by Gasteiger charge is 2.26. The Kier molecular flexibility index (Phi) is 9.93. The molecule has 1 aromatic rings. The zero-order chi connectivity index (χ0) is 22.7. The maximum Gasteiger partial charge on any atom is 0.326 e. The number of hydrogen-bond acceptors (Lipinski definition) is 5. The number of aryl methyl sites for hydroxylation is 1. The van der Waals surface area contributed by atoms with Gasteiger partial charge in [0, 0.05) is 12.8 Å². The minimum absolute atomic E-state index is 0.0286. The average Bonchev–Trinajstić information content (AvgIpc) is 2.65. The molecule has 11 heteroatoms. The predicted molar refractivity (Wildman–Crippen MR) is 100.0 cm³/mol. The van der Waals surface area contributed by atoms with E-state index in [0.717, 1.165) is 5.56 Å². The highest BCUT2D eigenvalue weighted by atomic mass is 19.1. The van der Waals surface area contributed by atoms with Crippen molar-refractivity contribution in [2.45, 2.75) is 50.6 Å². The minimum atomic E-state index is -1.57. The molecule has 0 aliphatic rings. The van der Waals surface area contributed by atoms with Gasteiger partial charge in [-0.25, -0.2) is 14.0 Å². The van der Waals surface area contributed by atoms with Crippen LogP contribution in [0, 0.1) is 5.82 Å². The second-order valence-electron chi connectivity index (χ2n) is 6.53. The number of amides is 2. The molecule has 2 amide bonds. The molecule has 0 aromatic heterocycles. The van der Waals surface area contributed by atoms with Gasteiger partial charge in [0.15, 0.2) is 0 Å². The number of halogens is 1. The van der Waals surface area contributed by atoms with Crippen molar-refractivity contribution in [2.75, 3.05) is 0 Å². The Morgan fingerprint density at radius 2 is 1.40 bits per heavy atom. The summed E-state index contributed by atoms with van der Waals surface area (Å²) in [4.78, 5) is 56.9. The Morgan fingerprint density at radius 3 is 1.93 bits per heavy atom. The lowest BCUT2D eigenvalue weighted by Gasteiger charge is -2.17. The van der Waals surface area contributed by atoms with Crippen molar-refractivity contribution in [3.63, 3.8) is 0 Å². The van der Waals surface area contributed by atoms with Crippen molar-refractivity contribution in [3.05, 3.63) is 35.6 Å². The van der Waals surface area contributed by atoms with Gasteiger partial charge in [0.25, 0.3) is 0 Å². The number of carbonyl (C=O) groups excluding carboxylic acids is 2. The van der Waals surface area contributed by atoms with Gasteiger partial charge in [-0.3, -0.25) is 14.4 Å². The molecule has 0 fully saturated rings. The summed E-state index contributed by atoms with van der Waals surface area (Å²) < 4.78 is 12.9. The van der Waals surface area contributed by atoms with Crippen LogP contribution >= 0.6 is 0 Å². The summed E-state index contributed by atoms with van der Waals surface area (Å²) >= 11 is 0. The summed E-state index contributed by atoms with van der Waals surface area (Å²) in [7, 11) is 0. The van der Waals surface area contributed by atoms with Gasteiger partial charge >= 0.3 is 17.9 Å². The van der Waals surface area contributed by atoms with Crippen LogP contribution in [0.4, 0.5) is 4.39 Å². The van der Waals surface area contributed by atoms with Crippen LogP contribution < -0.4 is 10.6 Å². The van der Waals surface area contributed by atoms with E-state index in [0.29, 0.717) is 12.8 Å². The first-order valence-corrected chi connectivity index (χ1v) is 9.09. The van der Waals surface area contributed by atoms with Crippen LogP contribution in [0.25, 0.3) is 0 Å². The van der Waals surface area contributed by atoms with Crippen LogP contribution in [0.3, 0.4) is 0 Å². The number of carbonyl (C=O) groups is 5. The maximum absolute atomic E-state index is 12.9. The Morgan fingerprint density at radius 1 is 0.833 bits per heavy atom. The van der Waals surface area contributed by atoms with Crippen LogP contribution in [-0.4, -0.2) is 57.1 Å². The Hall–Kier alpha value is -3.50. The van der Waals surface area contributed by atoms with Gasteiger partial charge in [-0.2, -0.15) is 0 Å². The van der Waals surface area contributed by atoms with Crippen molar-refractivity contribution >= 4 is 29.7 Å². The van der Waals surface area contributed by atoms with E-state index in [1.54, 1.807) is 12.1 Å². The lowest BCUT2D eigenvalue weighted by atomic mass is 10.1. The van der Waals surface area contributed by atoms with Gasteiger partial charge < -0.3 is 26.0 Å². The van der Waals surface area contributed by atoms with Crippen LogP contribution in [0.2, 0.25) is 0 Å². The van der Waals surface area contributed by atoms with E-state index >= 15 is 0 Å². The zero-order valence-corrected chi connectivity index (χ0v) is 16.0. The molecule has 0 saturated carbocycles. The predicted octanol–water partition coefficient (Wildman–Crippen LogP) is 0.542. The smallest absolute Gasteiger partial charge is 0.326 e. The summed E-state index contributed by atoms with van der Waals surface area (Å²) in [6.07, 6.45) is -0.772. The molecule has 1 aromatic carbocycles. The van der Waals surface area contributed by atoms with E-state index in [4.69, 9.17) is 10.2 Å². The van der Waals surface area contributed by atoms with Gasteiger partial charge in [-0.15, -0.1) is 0 Å². The topological polar surface area (TPSA) is 170 Å². The number of nitrogens with one attached hydrogen (secondary N) is 2. The van der Waals surface area contributed by atoms with E-state index in [1.165, 1.54) is 12.1 Å². The molecule has 164 valence electrons. The Balaban J connectivity index is 2.51. The average molecular weight is 426 g/mol. The van der Waals surface area contributed by atoms with Gasteiger partial charge in [-0.05, 0) is 37.0 Å². The lowest BCUT2D eigenvalue weighted by Crippen LogP contribution is -2.47. The van der Waals surface area contributed by atoms with E-state index < -0.39 is 54.6 Å². The lowest BCUT2D eigenvalue weighted by molar-refractivity contribution is -0.145. The minimum Gasteiger partial charge on any atom is -0.481 e. The molecule has 5 N–H and O–H groups in total. The number of aliphatic carboxylic acids is 3. The third-order valence-corrected chi connectivity index (χ3v) is 4.09. The molecule has 0 bridgehead atoms. The normalized spacial score (nSPS) is 12.4. The SMILES string of the molecule is O=C(O)CC[C@H](NC(=O)C[C@@H](NC(=O)CCCc1ccc(F)cc1)C(=O)O)C(=O)O. The van der Waals surface area contributed by atoms with Crippen molar-refractivity contribution in [1.29, 1.82) is 0 Å². The van der Waals surface area contributed by atoms with Crippen LogP contribution in [0.15, 0.2) is 24.3 Å². The second kappa shape index (κ2) is 12.1. The highest BCUT2D eigenvalue weighted by Crippen LogP contribution is 2.07. The summed E-state index contributed by atoms with van der Waals surface area (Å²) in [5.74, 6) is -6.13. The molecule has 30 heavy (non-hydrogen) atoms. The van der Waals surface area contributed by atoms with Gasteiger partial charge in [0.1, 0.15) is 17.9 Å². The number of rotatable bonds is 13. The molecule has 0 spiro atoms. The molecule has 0 unspecified atom stereocenters. The van der Waals surface area contributed by atoms with E-state index in [2.05, 4.69) is 10.6 Å². The molecule has 2 atom stereocenters. The van der Waals surface area contributed by atoms with Gasteiger partial charge in [0.2, 0.25) is 11.8 Å². The molecule has 1 rings (SSSR count). The summed E-state index contributed by atoms with van der Waals surface area (Å²) in [5.41, 5.74) is 0.805. The maximum atomic E-state index is 12.9. The fraction of sp³-hybridized carbons (Fsp3) is 0.421.